The van der Waals surface area contributed by atoms with Crippen molar-refractivity contribution in [3.8, 4) is 17.2 Å². The van der Waals surface area contributed by atoms with Crippen molar-refractivity contribution >= 4 is 22.8 Å². The third kappa shape index (κ3) is 3.50. The molecular weight excluding hydrogens is 320 g/mol. The third-order valence-corrected chi connectivity index (χ3v) is 3.68. The second-order valence-corrected chi connectivity index (χ2v) is 5.35. The highest BCUT2D eigenvalue weighted by Crippen LogP contribution is 2.29. The van der Waals surface area contributed by atoms with Crippen LogP contribution < -0.4 is 9.47 Å². The van der Waals surface area contributed by atoms with Crippen LogP contribution in [0.1, 0.15) is 23.0 Å². The van der Waals surface area contributed by atoms with Crippen molar-refractivity contribution in [1.29, 1.82) is 0 Å². The molecule has 3 rings (SSSR count). The van der Waals surface area contributed by atoms with E-state index in [4.69, 9.17) is 13.9 Å². The standard InChI is InChI=1S/C20H18O5/c1-3-24-18-11-13(7-9-15(18)21)8-10-16(22)19-12-14-5-4-6-17(23-2)20(14)25-19/h4-12,21H,3H2,1-2H3. The summed E-state index contributed by atoms with van der Waals surface area (Å²) in [6.45, 7) is 2.28. The van der Waals surface area contributed by atoms with Crippen LogP contribution in [0, 0.1) is 0 Å². The Hall–Kier alpha value is -3.21. The number of carbonyl (C=O) groups is 1. The van der Waals surface area contributed by atoms with Crippen molar-refractivity contribution in [2.75, 3.05) is 13.7 Å². The van der Waals surface area contributed by atoms with Crippen LogP contribution in [-0.4, -0.2) is 24.6 Å². The first-order valence-corrected chi connectivity index (χ1v) is 7.87. The molecule has 0 aliphatic heterocycles. The first kappa shape index (κ1) is 16.6. The molecule has 0 unspecified atom stereocenters. The molecule has 0 amide bonds. The summed E-state index contributed by atoms with van der Waals surface area (Å²) in [7, 11) is 1.56. The van der Waals surface area contributed by atoms with Crippen LogP contribution in [0.25, 0.3) is 17.0 Å². The van der Waals surface area contributed by atoms with Crippen LogP contribution in [0.2, 0.25) is 0 Å². The number of rotatable bonds is 6. The minimum absolute atomic E-state index is 0.0645. The summed E-state index contributed by atoms with van der Waals surface area (Å²) in [5.41, 5.74) is 1.29. The molecule has 5 nitrogen and oxygen atoms in total. The molecule has 1 N–H and O–H groups in total. The molecule has 128 valence electrons. The maximum Gasteiger partial charge on any atom is 0.221 e. The first-order chi connectivity index (χ1) is 12.1. The van der Waals surface area contributed by atoms with Gasteiger partial charge in [-0.1, -0.05) is 24.3 Å². The molecule has 0 aliphatic carbocycles. The van der Waals surface area contributed by atoms with Gasteiger partial charge in [0.2, 0.25) is 5.78 Å². The number of furan rings is 1. The van der Waals surface area contributed by atoms with E-state index in [1.165, 1.54) is 12.1 Å². The van der Waals surface area contributed by atoms with Crippen molar-refractivity contribution in [3.05, 3.63) is 59.9 Å². The van der Waals surface area contributed by atoms with Gasteiger partial charge < -0.3 is 19.0 Å². The van der Waals surface area contributed by atoms with Gasteiger partial charge in [0.15, 0.2) is 28.6 Å². The van der Waals surface area contributed by atoms with Crippen molar-refractivity contribution in [2.24, 2.45) is 0 Å². The summed E-state index contributed by atoms with van der Waals surface area (Å²) in [5.74, 6) is 1.00. The number of ether oxygens (including phenoxy) is 2. The number of methoxy groups -OCH3 is 1. The number of aromatic hydroxyl groups is 1. The molecule has 1 heterocycles. The maximum absolute atomic E-state index is 12.4. The van der Waals surface area contributed by atoms with Crippen LogP contribution in [0.15, 0.2) is 53.0 Å². The summed E-state index contributed by atoms with van der Waals surface area (Å²) < 4.78 is 16.2. The molecule has 0 spiro atoms. The van der Waals surface area contributed by atoms with E-state index in [2.05, 4.69) is 0 Å². The fourth-order valence-electron chi connectivity index (χ4n) is 2.48. The second-order valence-electron chi connectivity index (χ2n) is 5.35. The lowest BCUT2D eigenvalue weighted by Gasteiger charge is -2.06. The van der Waals surface area contributed by atoms with E-state index < -0.39 is 0 Å². The quantitative estimate of drug-likeness (QED) is 0.531. The van der Waals surface area contributed by atoms with Crippen molar-refractivity contribution < 1.29 is 23.8 Å². The predicted molar refractivity (Wildman–Crippen MR) is 95.4 cm³/mol. The number of hydrogen-bond acceptors (Lipinski definition) is 5. The highest BCUT2D eigenvalue weighted by Gasteiger charge is 2.12. The molecule has 0 atom stereocenters. The Morgan fingerprint density at radius 3 is 2.80 bits per heavy atom. The molecule has 0 fully saturated rings. The van der Waals surface area contributed by atoms with E-state index in [1.807, 2.05) is 19.1 Å². The Bertz CT molecular complexity index is 936. The summed E-state index contributed by atoms with van der Waals surface area (Å²) >= 11 is 0. The number of allylic oxidation sites excluding steroid dienone is 1. The average Bonchev–Trinajstić information content (AvgIpc) is 3.06. The van der Waals surface area contributed by atoms with Gasteiger partial charge in [-0.2, -0.15) is 0 Å². The average molecular weight is 338 g/mol. The van der Waals surface area contributed by atoms with E-state index in [-0.39, 0.29) is 17.3 Å². The zero-order chi connectivity index (χ0) is 17.8. The molecule has 0 aliphatic rings. The van der Waals surface area contributed by atoms with Gasteiger partial charge in [0.1, 0.15) is 0 Å². The summed E-state index contributed by atoms with van der Waals surface area (Å²) in [5, 5.41) is 10.5. The number of phenols is 1. The van der Waals surface area contributed by atoms with Gasteiger partial charge in [0.05, 0.1) is 13.7 Å². The summed E-state index contributed by atoms with van der Waals surface area (Å²) in [6, 6.07) is 12.1. The number of phenolic OH excluding ortho intramolecular Hbond substituents is 1. The number of para-hydroxylation sites is 1. The third-order valence-electron chi connectivity index (χ3n) is 3.68. The predicted octanol–water partition coefficient (Wildman–Crippen LogP) is 4.44. The maximum atomic E-state index is 12.4. The molecule has 0 saturated carbocycles. The molecular formula is C20H18O5. The van der Waals surface area contributed by atoms with E-state index in [1.54, 1.807) is 37.5 Å². The number of carbonyl (C=O) groups excluding carboxylic acids is 1. The van der Waals surface area contributed by atoms with Gasteiger partial charge in [-0.15, -0.1) is 0 Å². The SMILES string of the molecule is CCOc1cc(C=CC(=O)c2cc3cccc(OC)c3o2)ccc1O. The molecule has 1 aromatic heterocycles. The summed E-state index contributed by atoms with van der Waals surface area (Å²) in [4.78, 5) is 12.4. The molecule has 0 radical (unpaired) electrons. The van der Waals surface area contributed by atoms with E-state index in [0.29, 0.717) is 23.7 Å². The smallest absolute Gasteiger partial charge is 0.221 e. The number of ketones is 1. The summed E-state index contributed by atoms with van der Waals surface area (Å²) in [6.07, 6.45) is 3.07. The zero-order valence-corrected chi connectivity index (χ0v) is 14.0. The number of hydrogen-bond donors (Lipinski definition) is 1. The Labute approximate surface area is 145 Å². The van der Waals surface area contributed by atoms with Crippen molar-refractivity contribution in [3.63, 3.8) is 0 Å². The fourth-order valence-corrected chi connectivity index (χ4v) is 2.48. The van der Waals surface area contributed by atoms with Gasteiger partial charge in [0.25, 0.3) is 0 Å². The first-order valence-electron chi connectivity index (χ1n) is 7.87. The Morgan fingerprint density at radius 2 is 2.04 bits per heavy atom. The molecule has 25 heavy (non-hydrogen) atoms. The van der Waals surface area contributed by atoms with Gasteiger partial charge in [-0.3, -0.25) is 4.79 Å². The van der Waals surface area contributed by atoms with E-state index in [0.717, 1.165) is 10.9 Å². The minimum atomic E-state index is -0.260. The monoisotopic (exact) mass is 338 g/mol. The highest BCUT2D eigenvalue weighted by molar-refractivity contribution is 6.07. The van der Waals surface area contributed by atoms with Crippen LogP contribution in [0.3, 0.4) is 0 Å². The van der Waals surface area contributed by atoms with Crippen LogP contribution in [-0.2, 0) is 0 Å². The fraction of sp³-hybridized carbons (Fsp3) is 0.150. The lowest BCUT2D eigenvalue weighted by atomic mass is 10.1. The van der Waals surface area contributed by atoms with Gasteiger partial charge >= 0.3 is 0 Å². The Kier molecular flexibility index (Phi) is 4.75. The van der Waals surface area contributed by atoms with Gasteiger partial charge in [0, 0.05) is 5.39 Å². The highest BCUT2D eigenvalue weighted by atomic mass is 16.5. The number of fused-ring (bicyclic) bond motifs is 1. The largest absolute Gasteiger partial charge is 0.504 e. The van der Waals surface area contributed by atoms with Crippen LogP contribution in [0.4, 0.5) is 0 Å². The van der Waals surface area contributed by atoms with E-state index >= 15 is 0 Å². The minimum Gasteiger partial charge on any atom is -0.504 e. The van der Waals surface area contributed by atoms with Crippen molar-refractivity contribution in [2.45, 2.75) is 6.92 Å². The van der Waals surface area contributed by atoms with Crippen molar-refractivity contribution in [1.82, 2.24) is 0 Å². The van der Waals surface area contributed by atoms with Gasteiger partial charge in [-0.05, 0) is 42.8 Å². The van der Waals surface area contributed by atoms with Crippen LogP contribution >= 0.6 is 0 Å². The zero-order valence-electron chi connectivity index (χ0n) is 14.0. The second kappa shape index (κ2) is 7.13. The normalized spacial score (nSPS) is 11.1. The van der Waals surface area contributed by atoms with Crippen LogP contribution in [0.5, 0.6) is 17.2 Å². The molecule has 5 heteroatoms. The Balaban J connectivity index is 1.84. The van der Waals surface area contributed by atoms with Gasteiger partial charge in [-0.25, -0.2) is 0 Å². The molecule has 0 bridgehead atoms. The Morgan fingerprint density at radius 1 is 1.20 bits per heavy atom. The number of benzene rings is 2. The lowest BCUT2D eigenvalue weighted by molar-refractivity contribution is 0.102. The lowest BCUT2D eigenvalue weighted by Crippen LogP contribution is -1.93. The topological polar surface area (TPSA) is 68.9 Å². The molecule has 3 aromatic rings. The van der Waals surface area contributed by atoms with E-state index in [9.17, 15) is 9.90 Å². The molecule has 0 saturated heterocycles. The molecule has 2 aromatic carbocycles.